The molecule has 0 atom stereocenters. The van der Waals surface area contributed by atoms with E-state index in [0.717, 1.165) is 156 Å². The fraction of sp³-hybridized carbons (Fsp3) is 0.228. The van der Waals surface area contributed by atoms with Crippen LogP contribution in [0.4, 0.5) is 0 Å². The van der Waals surface area contributed by atoms with E-state index in [4.69, 9.17) is 35.3 Å². The second kappa shape index (κ2) is 46.6. The number of hydrogen-bond acceptors (Lipinski definition) is 26. The normalized spacial score (nSPS) is 10.7. The number of rotatable bonds is 0. The lowest BCUT2D eigenvalue weighted by atomic mass is 10.2. The summed E-state index contributed by atoms with van der Waals surface area (Å²) in [7, 11) is 3.77. The number of imidazole rings is 1. The first-order valence-electron chi connectivity index (χ1n) is 46.5. The van der Waals surface area contributed by atoms with Gasteiger partial charge in [-0.1, -0.05) is 66.2 Å². The van der Waals surface area contributed by atoms with Gasteiger partial charge >= 0.3 is 0 Å². The van der Waals surface area contributed by atoms with Crippen LogP contribution in [0.2, 0.25) is 0 Å². The van der Waals surface area contributed by atoms with Crippen molar-refractivity contribution in [3.63, 3.8) is 0 Å². The Hall–Kier alpha value is -16.4. The van der Waals surface area contributed by atoms with Crippen LogP contribution in [-0.2, 0) is 14.1 Å². The third-order valence-corrected chi connectivity index (χ3v) is 23.2. The molecule has 18 heterocycles. The molecule has 0 radical (unpaired) electrons. The number of benzene rings is 8. The summed E-state index contributed by atoms with van der Waals surface area (Å²) < 4.78 is 48.9. The zero-order valence-electron chi connectivity index (χ0n) is 85.6. The number of hydrogen-bond donors (Lipinski definition) is 0. The van der Waals surface area contributed by atoms with Crippen LogP contribution in [0, 0.1) is 166 Å². The van der Waals surface area contributed by atoms with Gasteiger partial charge in [-0.05, 0) is 320 Å². The quantitative estimate of drug-likeness (QED) is 0.136. The Morgan fingerprint density at radius 2 is 0.713 bits per heavy atom. The Balaban J connectivity index is 0.000000123. The molecule has 18 aromatic heterocycles. The molecule has 26 aromatic rings. The molecule has 728 valence electrons. The Morgan fingerprint density at radius 3 is 1.43 bits per heavy atom. The average molecular weight is 1950 g/mol. The van der Waals surface area contributed by atoms with Crippen molar-refractivity contribution < 1.29 is 35.3 Å². The Bertz CT molecular complexity index is 6950. The number of thiazole rings is 2. The van der Waals surface area contributed by atoms with Crippen LogP contribution in [0.3, 0.4) is 0 Å². The summed E-state index contributed by atoms with van der Waals surface area (Å²) in [6.45, 7) is 47.4. The van der Waals surface area contributed by atoms with Crippen molar-refractivity contribution in [2.45, 2.75) is 166 Å². The van der Waals surface area contributed by atoms with Crippen molar-refractivity contribution in [1.82, 2.24) is 94.0 Å². The molecule has 0 saturated carbocycles. The molecule has 0 aliphatic rings. The topological polar surface area (TPSA) is 326 Å². The maximum Gasteiger partial charge on any atom is 0.247 e. The highest BCUT2D eigenvalue weighted by Crippen LogP contribution is 2.28. The summed E-state index contributed by atoms with van der Waals surface area (Å²) in [5.41, 5.74) is 34.2. The van der Waals surface area contributed by atoms with Crippen LogP contribution in [0.5, 0.6) is 0 Å². The number of aromatic nitrogens is 19. The lowest BCUT2D eigenvalue weighted by Gasteiger charge is -1.92. The molecule has 26 rings (SSSR count). The first-order chi connectivity index (χ1) is 68.3. The standard InChI is InChI=1S/2C10H10O.2C9H10N2.2C9H9NO.2C9H9NS.C8H9N3.4C8H8N2O/c1-7-3-4-10-9(5-7)6-8(2)11-10;1-7-3-4-9-6-8(2)11-10(9)5-7;1-7-3-4-8-6-11(2)10-9(8)5-7;1-7-3-4-11-6-8(2)10-9(11)5-7;1-6-3-4-9-8(5-6)10-7(2)11-9;1-6-3-4-8-9(5-6)11-7(2)10-8;1-6-3-4-9-8(5-6)10-7(2)11-9;1-6-3-4-8-9(5-6)11-7(2)10-8;1-6-3-4-7-8(5-6)10-11(2)9-7;1-5-3-7-8(4-9-5)11-6(2)10-7;1-5-3-7-8(9-4-5)11-6(2)10-7;1-5-3-4-7-8(9-5)10-6(2)11-7;1-5-3-4-7-8(9-5)11-6(2)10-7/h4*3-6H,1-2H3;5*3-5H,1-2H3;4*3-4H,1-2H3. The van der Waals surface area contributed by atoms with Crippen molar-refractivity contribution in [3.05, 3.63) is 373 Å². The van der Waals surface area contributed by atoms with E-state index >= 15 is 0 Å². The van der Waals surface area contributed by atoms with Gasteiger partial charge in [-0.15, -0.1) is 22.7 Å². The molecule has 0 bridgehead atoms. The molecule has 0 unspecified atom stereocenters. The van der Waals surface area contributed by atoms with Crippen LogP contribution in [0.15, 0.2) is 273 Å². The van der Waals surface area contributed by atoms with Crippen molar-refractivity contribution in [2.24, 2.45) is 14.1 Å². The van der Waals surface area contributed by atoms with E-state index < -0.39 is 0 Å². The zero-order chi connectivity index (χ0) is 102. The minimum absolute atomic E-state index is 0.619. The van der Waals surface area contributed by atoms with Gasteiger partial charge < -0.3 is 39.7 Å². The van der Waals surface area contributed by atoms with Crippen molar-refractivity contribution >= 4 is 160 Å². The summed E-state index contributed by atoms with van der Waals surface area (Å²) in [5, 5.41) is 18.5. The molecule has 0 aliphatic carbocycles. The number of nitrogens with zero attached hydrogens (tertiary/aromatic N) is 19. The Morgan fingerprint density at radius 1 is 0.238 bits per heavy atom. The fourth-order valence-corrected chi connectivity index (χ4v) is 16.6. The molecular weight excluding hydrogens is 1830 g/mol. The van der Waals surface area contributed by atoms with Gasteiger partial charge in [0.25, 0.3) is 0 Å². The van der Waals surface area contributed by atoms with Gasteiger partial charge in [0, 0.05) is 114 Å². The number of furan rings is 2. The summed E-state index contributed by atoms with van der Waals surface area (Å²) in [6.07, 6.45) is 9.55. The van der Waals surface area contributed by atoms with Gasteiger partial charge in [0.15, 0.2) is 63.3 Å². The third-order valence-electron chi connectivity index (χ3n) is 21.4. The molecular formula is C114H117N19O8S2. The zero-order valence-corrected chi connectivity index (χ0v) is 87.2. The van der Waals surface area contributed by atoms with Crippen molar-refractivity contribution in [2.75, 3.05) is 0 Å². The summed E-state index contributed by atoms with van der Waals surface area (Å²) >= 11 is 3.50. The monoisotopic (exact) mass is 1940 g/mol. The highest BCUT2D eigenvalue weighted by atomic mass is 32.1. The SMILES string of the molecule is Cc1cc2nc(C)oc2cn1.Cc1ccc2cc(C)oc2c1.Cc1ccc2cn(C)nc2c1.Cc1ccc2nc(C)oc2c1.Cc1ccc2nc(C)oc2n1.Cc1ccc2nc(C)sc2c1.Cc1ccc2nn(C)nc2c1.Cc1ccc2oc(C)cc2c1.Cc1ccc2oc(C)nc2c1.Cc1ccc2oc(C)nc2n1.Cc1ccc2sc(C)nc2c1.Cc1ccn2cc(C)nc2c1.Cc1cnc2oc(C)nc2c1. The van der Waals surface area contributed by atoms with Gasteiger partial charge in [-0.2, -0.15) is 25.1 Å². The van der Waals surface area contributed by atoms with Crippen molar-refractivity contribution in [1.29, 1.82) is 0 Å². The van der Waals surface area contributed by atoms with E-state index in [1.165, 1.54) is 75.6 Å². The van der Waals surface area contributed by atoms with Crippen LogP contribution in [0.1, 0.15) is 135 Å². The molecule has 143 heavy (non-hydrogen) atoms. The van der Waals surface area contributed by atoms with E-state index in [2.05, 4.69) is 231 Å². The van der Waals surface area contributed by atoms with E-state index in [-0.39, 0.29) is 0 Å². The van der Waals surface area contributed by atoms with E-state index in [1.54, 1.807) is 39.9 Å². The molecule has 27 nitrogen and oxygen atoms in total. The first kappa shape index (κ1) is 102. The highest BCUT2D eigenvalue weighted by Gasteiger charge is 2.11. The van der Waals surface area contributed by atoms with Crippen LogP contribution >= 0.6 is 22.7 Å². The molecule has 0 fully saturated rings. The van der Waals surface area contributed by atoms with Gasteiger partial charge in [0.05, 0.1) is 47.9 Å². The predicted molar refractivity (Wildman–Crippen MR) is 575 cm³/mol. The highest BCUT2D eigenvalue weighted by molar-refractivity contribution is 7.18. The van der Waals surface area contributed by atoms with E-state index in [0.29, 0.717) is 40.6 Å². The van der Waals surface area contributed by atoms with Crippen molar-refractivity contribution in [3.8, 4) is 0 Å². The van der Waals surface area contributed by atoms with Gasteiger partial charge in [-0.3, -0.25) is 9.67 Å². The number of oxazole rings is 6. The Kier molecular flexibility index (Phi) is 33.4. The second-order valence-corrected chi connectivity index (χ2v) is 37.6. The van der Waals surface area contributed by atoms with Gasteiger partial charge in [0.1, 0.15) is 67.0 Å². The Labute approximate surface area is 836 Å². The molecule has 8 aromatic carbocycles. The van der Waals surface area contributed by atoms with Gasteiger partial charge in [0.2, 0.25) is 11.4 Å². The maximum atomic E-state index is 5.45. The lowest BCUT2D eigenvalue weighted by Crippen LogP contribution is -1.90. The summed E-state index contributed by atoms with van der Waals surface area (Å²) in [6, 6.07) is 69.3. The molecule has 0 saturated heterocycles. The second-order valence-electron chi connectivity index (χ2n) is 35.1. The lowest BCUT2D eigenvalue weighted by molar-refractivity contribution is 0.550. The molecule has 0 amide bonds. The summed E-state index contributed by atoms with van der Waals surface area (Å²) in [4.78, 5) is 56.1. The van der Waals surface area contributed by atoms with Gasteiger partial charge in [-0.25, -0.2) is 54.8 Å². The first-order valence-corrected chi connectivity index (χ1v) is 48.2. The molecule has 0 spiro atoms. The third kappa shape index (κ3) is 29.1. The molecule has 0 aliphatic heterocycles. The minimum atomic E-state index is 0.619. The van der Waals surface area contributed by atoms with Crippen LogP contribution in [-0.4, -0.2) is 94.0 Å². The van der Waals surface area contributed by atoms with Crippen LogP contribution in [0.25, 0.3) is 137 Å². The smallest absolute Gasteiger partial charge is 0.247 e. The minimum Gasteiger partial charge on any atom is -0.461 e. The average Bonchev–Trinajstić information content (AvgIpc) is 1.81. The largest absolute Gasteiger partial charge is 0.461 e. The van der Waals surface area contributed by atoms with E-state index in [1.807, 2.05) is 263 Å². The van der Waals surface area contributed by atoms with E-state index in [9.17, 15) is 0 Å². The van der Waals surface area contributed by atoms with Crippen LogP contribution < -0.4 is 0 Å². The maximum absolute atomic E-state index is 5.45. The number of fused-ring (bicyclic) bond motifs is 13. The molecule has 0 N–H and O–H groups in total. The molecule has 29 heteroatoms. The summed E-state index contributed by atoms with van der Waals surface area (Å²) in [5.74, 6) is 6.09. The predicted octanol–water partition coefficient (Wildman–Crippen LogP) is 29.3. The fourth-order valence-electron chi connectivity index (χ4n) is 14.9. The number of pyridine rings is 5. The number of aryl methyl sites for hydroxylation is 26.